The Morgan fingerprint density at radius 2 is 0.935 bits per heavy atom. The van der Waals surface area contributed by atoms with E-state index in [1.807, 2.05) is 0 Å². The molecule has 15 heteroatoms. The Hall–Kier alpha value is -0.540. The van der Waals surface area contributed by atoms with Crippen LogP contribution in [0.1, 0.15) is 59.4 Å². The van der Waals surface area contributed by atoms with Gasteiger partial charge in [0.15, 0.2) is 5.75 Å². The Kier molecular flexibility index (Phi) is 159. The summed E-state index contributed by atoms with van der Waals surface area (Å²) in [6.45, 7) is 0. The standard InChI is InChI=1S/C3H6O5S.C2H2Cl2O3S.3CH4O.8CH4/c1-8-3(4)2-9(5,6)7;3-2(5)1-8(4,6)7;3*1-2;;;;;;;;/h2H2,1H3,(H,5,6,7);1H2;3*2H,1H3;8*1H4. The Labute approximate surface area is 202 Å². The van der Waals surface area contributed by atoms with Crippen molar-refractivity contribution in [2.24, 2.45) is 0 Å². The molecule has 0 aliphatic heterocycles. The van der Waals surface area contributed by atoms with E-state index in [9.17, 15) is 26.4 Å². The molecule has 0 fully saturated rings. The van der Waals surface area contributed by atoms with Gasteiger partial charge in [0.1, 0.15) is 5.75 Å². The van der Waals surface area contributed by atoms with Crippen molar-refractivity contribution in [3.8, 4) is 0 Å². The molecule has 0 unspecified atom stereocenters. The number of hydrogen-bond acceptors (Lipinski definition) is 10. The van der Waals surface area contributed by atoms with Crippen LogP contribution in [0.2, 0.25) is 0 Å². The number of ether oxygens (including phenoxy) is 1. The van der Waals surface area contributed by atoms with E-state index in [1.165, 1.54) is 0 Å². The average molecular weight is 556 g/mol. The van der Waals surface area contributed by atoms with Crippen LogP contribution >= 0.6 is 22.3 Å². The molecule has 0 radical (unpaired) electrons. The van der Waals surface area contributed by atoms with E-state index in [1.54, 1.807) is 0 Å². The lowest BCUT2D eigenvalue weighted by atomic mass is 10.8. The SMILES string of the molecule is C.C.C.C.C.C.C.C.CO.CO.CO.COC(=O)CS(=O)(=O)O.O=C(Cl)CS(=O)(=O)Cl. The highest BCUT2D eigenvalue weighted by Crippen LogP contribution is 1.97. The number of carbonyl (C=O) groups is 2. The summed E-state index contributed by atoms with van der Waals surface area (Å²) >= 11 is 4.66. The molecule has 0 aromatic carbocycles. The van der Waals surface area contributed by atoms with Gasteiger partial charge in [0, 0.05) is 32.0 Å². The van der Waals surface area contributed by atoms with Crippen LogP contribution in [0, 0.1) is 0 Å². The van der Waals surface area contributed by atoms with Crippen molar-refractivity contribution in [2.45, 2.75) is 59.4 Å². The fourth-order valence-corrected chi connectivity index (χ4v) is 1.93. The van der Waals surface area contributed by atoms with Crippen molar-refractivity contribution < 1.29 is 51.0 Å². The number of halogens is 2. The van der Waals surface area contributed by atoms with Crippen molar-refractivity contribution in [1.29, 1.82) is 0 Å². The van der Waals surface area contributed by atoms with Gasteiger partial charge >= 0.3 is 5.97 Å². The molecule has 4 N–H and O–H groups in total. The van der Waals surface area contributed by atoms with Gasteiger partial charge in [-0.25, -0.2) is 8.42 Å². The Bertz CT molecular complexity index is 482. The molecule has 0 atom stereocenters. The zero-order chi connectivity index (χ0) is 20.3. The van der Waals surface area contributed by atoms with E-state index < -0.39 is 41.9 Å². The summed E-state index contributed by atoms with van der Waals surface area (Å²) in [6.07, 6.45) is 0. The maximum Gasteiger partial charge on any atom is 0.323 e. The molecule has 0 aliphatic carbocycles. The molecular weight excluding hydrogens is 503 g/mol. The summed E-state index contributed by atoms with van der Waals surface area (Å²) in [5.74, 6) is -2.77. The first kappa shape index (κ1) is 86.7. The van der Waals surface area contributed by atoms with Gasteiger partial charge in [-0.05, 0) is 11.6 Å². The maximum atomic E-state index is 10.1. The Morgan fingerprint density at radius 3 is 0.968 bits per heavy atom. The fourth-order valence-electron chi connectivity index (χ4n) is 0.343. The highest BCUT2D eigenvalue weighted by atomic mass is 35.7. The summed E-state index contributed by atoms with van der Waals surface area (Å²) in [4.78, 5) is 19.8. The zero-order valence-electron chi connectivity index (χ0n) is 12.6. The number of esters is 1. The van der Waals surface area contributed by atoms with Crippen LogP contribution in [0.4, 0.5) is 0 Å². The van der Waals surface area contributed by atoms with Crippen LogP contribution in [-0.4, -0.2) is 87.9 Å². The fraction of sp³-hybridized carbons (Fsp3) is 0.875. The third-order valence-electron chi connectivity index (χ3n) is 0.814. The van der Waals surface area contributed by atoms with Crippen LogP contribution in [0.15, 0.2) is 0 Å². The largest absolute Gasteiger partial charge is 0.468 e. The van der Waals surface area contributed by atoms with Crippen LogP contribution in [0.5, 0.6) is 0 Å². The predicted octanol–water partition coefficient (Wildman–Crippen LogP) is 3.28. The lowest BCUT2D eigenvalue weighted by Crippen LogP contribution is -2.15. The van der Waals surface area contributed by atoms with E-state index >= 15 is 0 Å². The van der Waals surface area contributed by atoms with Crippen molar-refractivity contribution >= 4 is 52.7 Å². The second kappa shape index (κ2) is 57.0. The first-order chi connectivity index (χ1) is 10.4. The minimum atomic E-state index is -4.21. The highest BCUT2D eigenvalue weighted by Gasteiger charge is 2.11. The molecule has 0 rings (SSSR count). The smallest absolute Gasteiger partial charge is 0.323 e. The van der Waals surface area contributed by atoms with Gasteiger partial charge in [-0.1, -0.05) is 59.4 Å². The quantitative estimate of drug-likeness (QED) is 0.226. The molecule has 0 saturated heterocycles. The molecule has 0 aliphatic rings. The van der Waals surface area contributed by atoms with Crippen molar-refractivity contribution in [3.05, 3.63) is 0 Å². The summed E-state index contributed by atoms with van der Waals surface area (Å²) in [5, 5.41) is 20.0. The van der Waals surface area contributed by atoms with Crippen LogP contribution in [0.25, 0.3) is 0 Å². The topological polar surface area (TPSA) is 193 Å². The van der Waals surface area contributed by atoms with Gasteiger partial charge in [-0.15, -0.1) is 0 Å². The Morgan fingerprint density at radius 1 is 0.710 bits per heavy atom. The molecule has 0 saturated carbocycles. The molecule has 0 aromatic heterocycles. The second-order valence-electron chi connectivity index (χ2n) is 2.34. The molecule has 31 heavy (non-hydrogen) atoms. The number of hydrogen-bond donors (Lipinski definition) is 4. The second-order valence-corrected chi connectivity index (χ2v) is 6.99. The van der Waals surface area contributed by atoms with Crippen molar-refractivity contribution in [2.75, 3.05) is 39.9 Å². The molecule has 11 nitrogen and oxygen atoms in total. The molecule has 0 heterocycles. The van der Waals surface area contributed by atoms with E-state index in [4.69, 9.17) is 19.9 Å². The molecular formula is C16H52Cl2O11S2. The molecule has 208 valence electrons. The first-order valence-corrected chi connectivity index (χ1v) is 9.30. The van der Waals surface area contributed by atoms with E-state index in [0.29, 0.717) is 0 Å². The van der Waals surface area contributed by atoms with Crippen LogP contribution < -0.4 is 0 Å². The zero-order valence-corrected chi connectivity index (χ0v) is 15.8. The van der Waals surface area contributed by atoms with Gasteiger partial charge in [0.25, 0.3) is 10.1 Å². The van der Waals surface area contributed by atoms with E-state index in [2.05, 4.69) is 27.0 Å². The number of methoxy groups -OCH3 is 1. The van der Waals surface area contributed by atoms with Gasteiger partial charge in [-0.2, -0.15) is 8.42 Å². The minimum Gasteiger partial charge on any atom is -0.468 e. The summed E-state index contributed by atoms with van der Waals surface area (Å²) in [5.41, 5.74) is 0. The number of carbonyl (C=O) groups excluding carboxylic acids is 2. The van der Waals surface area contributed by atoms with Gasteiger partial charge < -0.3 is 20.1 Å². The maximum absolute atomic E-state index is 10.1. The minimum absolute atomic E-state index is 0. The lowest BCUT2D eigenvalue weighted by molar-refractivity contribution is -0.137. The molecule has 0 amide bonds. The van der Waals surface area contributed by atoms with Gasteiger partial charge in [0.2, 0.25) is 14.3 Å². The molecule has 0 spiro atoms. The predicted molar refractivity (Wildman–Crippen MR) is 137 cm³/mol. The van der Waals surface area contributed by atoms with E-state index in [0.717, 1.165) is 28.4 Å². The lowest BCUT2D eigenvalue weighted by Gasteiger charge is -1.92. The average Bonchev–Trinajstić information content (AvgIpc) is 2.41. The number of rotatable bonds is 4. The third-order valence-corrected chi connectivity index (χ3v) is 2.64. The monoisotopic (exact) mass is 554 g/mol. The summed E-state index contributed by atoms with van der Waals surface area (Å²) < 4.78 is 51.5. The summed E-state index contributed by atoms with van der Waals surface area (Å²) in [6, 6.07) is 0. The molecule has 0 aromatic rings. The summed E-state index contributed by atoms with van der Waals surface area (Å²) in [7, 11) is 0.688. The third kappa shape index (κ3) is 169. The van der Waals surface area contributed by atoms with E-state index in [-0.39, 0.29) is 59.4 Å². The highest BCUT2D eigenvalue weighted by molar-refractivity contribution is 8.14. The Balaban J connectivity index is -0.0000000126. The normalized spacial score (nSPS) is 6.65. The van der Waals surface area contributed by atoms with Crippen LogP contribution in [-0.2, 0) is 33.5 Å². The first-order valence-electron chi connectivity index (χ1n) is 4.84. The number of aliphatic hydroxyl groups excluding tert-OH is 3. The van der Waals surface area contributed by atoms with Gasteiger partial charge in [0.05, 0.1) is 7.11 Å². The van der Waals surface area contributed by atoms with Crippen molar-refractivity contribution in [3.63, 3.8) is 0 Å². The number of aliphatic hydroxyl groups is 3. The van der Waals surface area contributed by atoms with Gasteiger partial charge in [-0.3, -0.25) is 14.1 Å². The van der Waals surface area contributed by atoms with Crippen LogP contribution in [0.3, 0.4) is 0 Å². The molecule has 0 bridgehead atoms. The van der Waals surface area contributed by atoms with Crippen molar-refractivity contribution in [1.82, 2.24) is 0 Å².